The summed E-state index contributed by atoms with van der Waals surface area (Å²) >= 11 is 0.732. The lowest BCUT2D eigenvalue weighted by Gasteiger charge is -2.12. The van der Waals surface area contributed by atoms with Crippen LogP contribution in [0.5, 0.6) is 11.5 Å². The first-order valence-corrected chi connectivity index (χ1v) is 10.7. The van der Waals surface area contributed by atoms with Crippen molar-refractivity contribution in [3.8, 4) is 11.5 Å². The number of carbonyl (C=O) groups is 2. The molecule has 0 saturated carbocycles. The van der Waals surface area contributed by atoms with Crippen LogP contribution < -0.4 is 4.74 Å². The number of benzene rings is 3. The molecule has 35 heavy (non-hydrogen) atoms. The molecule has 0 aliphatic carbocycles. The molecule has 1 saturated heterocycles. The van der Waals surface area contributed by atoms with E-state index >= 15 is 0 Å². The number of rotatable bonds is 7. The number of nitro groups is 2. The number of imide groups is 1. The number of hydrogen-bond acceptors (Lipinski definition) is 8. The Balaban J connectivity index is 1.50. The standard InChI is InChI=1S/C23H14FN3O7S/c24-18-4-2-1-3-15(18)13-25-22(28)21(35-23(25)29)11-14-5-8-17(9-6-14)34-20-10-7-16(26(30)31)12-19(20)27(32)33/h1-12H,13H2/b21-11-. The van der Waals surface area contributed by atoms with Crippen molar-refractivity contribution in [2.24, 2.45) is 0 Å². The van der Waals surface area contributed by atoms with Gasteiger partial charge in [0.25, 0.3) is 16.8 Å². The molecule has 1 fully saturated rings. The van der Waals surface area contributed by atoms with E-state index in [1.807, 2.05) is 0 Å². The zero-order valence-electron chi connectivity index (χ0n) is 17.6. The Hall–Kier alpha value is -4.58. The van der Waals surface area contributed by atoms with Gasteiger partial charge >= 0.3 is 5.69 Å². The second-order valence-electron chi connectivity index (χ2n) is 7.20. The maximum atomic E-state index is 13.9. The van der Waals surface area contributed by atoms with Gasteiger partial charge in [-0.2, -0.15) is 0 Å². The van der Waals surface area contributed by atoms with E-state index in [0.29, 0.717) is 5.56 Å². The molecule has 0 unspecified atom stereocenters. The van der Waals surface area contributed by atoms with Crippen LogP contribution in [0.4, 0.5) is 20.6 Å². The maximum Gasteiger partial charge on any atom is 0.318 e. The first-order valence-electron chi connectivity index (χ1n) is 9.92. The van der Waals surface area contributed by atoms with Crippen LogP contribution in [0, 0.1) is 26.0 Å². The van der Waals surface area contributed by atoms with Crippen molar-refractivity contribution in [1.82, 2.24) is 4.90 Å². The molecule has 0 aromatic heterocycles. The number of nitrogens with zero attached hydrogens (tertiary/aromatic N) is 3. The molecule has 4 rings (SSSR count). The van der Waals surface area contributed by atoms with E-state index in [9.17, 15) is 34.2 Å². The number of halogens is 1. The van der Waals surface area contributed by atoms with Crippen molar-refractivity contribution in [1.29, 1.82) is 0 Å². The van der Waals surface area contributed by atoms with Crippen LogP contribution in [-0.2, 0) is 11.3 Å². The molecule has 176 valence electrons. The molecule has 2 amide bonds. The fraction of sp³-hybridized carbons (Fsp3) is 0.0435. The van der Waals surface area contributed by atoms with Crippen LogP contribution in [0.15, 0.2) is 71.6 Å². The van der Waals surface area contributed by atoms with Gasteiger partial charge in [-0.05, 0) is 47.7 Å². The molecule has 3 aromatic rings. The van der Waals surface area contributed by atoms with Gasteiger partial charge in [0.1, 0.15) is 11.6 Å². The summed E-state index contributed by atoms with van der Waals surface area (Å²) < 4.78 is 19.4. The summed E-state index contributed by atoms with van der Waals surface area (Å²) in [4.78, 5) is 46.7. The highest BCUT2D eigenvalue weighted by Crippen LogP contribution is 2.36. The number of non-ortho nitro benzene ring substituents is 1. The highest BCUT2D eigenvalue weighted by atomic mass is 32.2. The Morgan fingerprint density at radius 3 is 2.34 bits per heavy atom. The highest BCUT2D eigenvalue weighted by molar-refractivity contribution is 8.18. The molecule has 0 N–H and O–H groups in total. The van der Waals surface area contributed by atoms with Gasteiger partial charge in [0.2, 0.25) is 5.75 Å². The molecule has 10 nitrogen and oxygen atoms in total. The number of hydrogen-bond donors (Lipinski definition) is 0. The SMILES string of the molecule is O=C1S/C(=C\c2ccc(Oc3ccc([N+](=O)[O-])cc3[N+](=O)[O-])cc2)C(=O)N1Cc1ccccc1F. The number of amides is 2. The van der Waals surface area contributed by atoms with Crippen LogP contribution in [0.2, 0.25) is 0 Å². The number of carbonyl (C=O) groups excluding carboxylic acids is 2. The summed E-state index contributed by atoms with van der Waals surface area (Å²) in [6, 6.07) is 15.0. The third-order valence-corrected chi connectivity index (χ3v) is 5.82. The summed E-state index contributed by atoms with van der Waals surface area (Å²) in [6.07, 6.45) is 1.49. The zero-order chi connectivity index (χ0) is 25.1. The van der Waals surface area contributed by atoms with Crippen LogP contribution in [0.3, 0.4) is 0 Å². The second-order valence-corrected chi connectivity index (χ2v) is 8.19. The summed E-state index contributed by atoms with van der Waals surface area (Å²) in [5.41, 5.74) is -0.236. The average molecular weight is 495 g/mol. The van der Waals surface area contributed by atoms with Gasteiger partial charge in [-0.25, -0.2) is 4.39 Å². The van der Waals surface area contributed by atoms with Gasteiger partial charge in [-0.15, -0.1) is 0 Å². The lowest BCUT2D eigenvalue weighted by Crippen LogP contribution is -2.27. The van der Waals surface area contributed by atoms with Crippen molar-refractivity contribution in [2.75, 3.05) is 0 Å². The molecule has 1 aliphatic heterocycles. The summed E-state index contributed by atoms with van der Waals surface area (Å²) in [7, 11) is 0. The maximum absolute atomic E-state index is 13.9. The molecule has 0 atom stereocenters. The van der Waals surface area contributed by atoms with Crippen LogP contribution in [-0.4, -0.2) is 25.9 Å². The van der Waals surface area contributed by atoms with Gasteiger partial charge in [0.15, 0.2) is 0 Å². The summed E-state index contributed by atoms with van der Waals surface area (Å²) in [5.74, 6) is -1.03. The van der Waals surface area contributed by atoms with E-state index in [1.54, 1.807) is 18.2 Å². The molecular formula is C23H14FN3O7S. The van der Waals surface area contributed by atoms with E-state index in [1.165, 1.54) is 36.4 Å². The first kappa shape index (κ1) is 23.6. The molecule has 1 heterocycles. The van der Waals surface area contributed by atoms with E-state index in [-0.39, 0.29) is 28.5 Å². The Bertz CT molecular complexity index is 1390. The molecule has 0 bridgehead atoms. The monoisotopic (exact) mass is 495 g/mol. The van der Waals surface area contributed by atoms with E-state index in [2.05, 4.69) is 0 Å². The van der Waals surface area contributed by atoms with Crippen LogP contribution in [0.25, 0.3) is 6.08 Å². The fourth-order valence-corrected chi connectivity index (χ4v) is 4.03. The average Bonchev–Trinajstić information content (AvgIpc) is 3.09. The van der Waals surface area contributed by atoms with Gasteiger partial charge in [-0.1, -0.05) is 30.3 Å². The molecule has 12 heteroatoms. The molecule has 0 spiro atoms. The van der Waals surface area contributed by atoms with Gasteiger partial charge < -0.3 is 4.74 Å². The first-order chi connectivity index (χ1) is 16.7. The van der Waals surface area contributed by atoms with Crippen molar-refractivity contribution in [2.45, 2.75) is 6.54 Å². The minimum absolute atomic E-state index is 0.158. The molecule has 3 aromatic carbocycles. The Morgan fingerprint density at radius 2 is 1.69 bits per heavy atom. The number of thioether (sulfide) groups is 1. The van der Waals surface area contributed by atoms with E-state index in [0.717, 1.165) is 34.9 Å². The molecule has 0 radical (unpaired) electrons. The predicted molar refractivity (Wildman–Crippen MR) is 124 cm³/mol. The zero-order valence-corrected chi connectivity index (χ0v) is 18.4. The topological polar surface area (TPSA) is 133 Å². The third kappa shape index (κ3) is 5.17. The minimum atomic E-state index is -0.784. The lowest BCUT2D eigenvalue weighted by molar-refractivity contribution is -0.394. The van der Waals surface area contributed by atoms with Crippen molar-refractivity contribution in [3.05, 3.63) is 109 Å². The third-order valence-electron chi connectivity index (χ3n) is 4.92. The van der Waals surface area contributed by atoms with E-state index < -0.39 is 38.2 Å². The Morgan fingerprint density at radius 1 is 0.971 bits per heavy atom. The van der Waals surface area contributed by atoms with Gasteiger partial charge in [0.05, 0.1) is 27.4 Å². The quantitative estimate of drug-likeness (QED) is 0.233. The van der Waals surface area contributed by atoms with Gasteiger partial charge in [-0.3, -0.25) is 34.7 Å². The smallest absolute Gasteiger partial charge is 0.318 e. The highest BCUT2D eigenvalue weighted by Gasteiger charge is 2.35. The van der Waals surface area contributed by atoms with E-state index in [4.69, 9.17) is 4.74 Å². The number of nitro benzene ring substituents is 2. The van der Waals surface area contributed by atoms with Crippen LogP contribution in [0.1, 0.15) is 11.1 Å². The van der Waals surface area contributed by atoms with Crippen molar-refractivity contribution in [3.63, 3.8) is 0 Å². The van der Waals surface area contributed by atoms with Crippen LogP contribution >= 0.6 is 11.8 Å². The second kappa shape index (κ2) is 9.73. The Kier molecular flexibility index (Phi) is 6.55. The lowest BCUT2D eigenvalue weighted by atomic mass is 10.2. The summed E-state index contributed by atoms with van der Waals surface area (Å²) in [6.45, 7) is -0.185. The van der Waals surface area contributed by atoms with Crippen molar-refractivity contribution < 1.29 is 28.6 Å². The Labute approximate surface area is 200 Å². The van der Waals surface area contributed by atoms with Gasteiger partial charge in [0, 0.05) is 11.6 Å². The normalized spacial score (nSPS) is 14.4. The minimum Gasteiger partial charge on any atom is -0.450 e. The summed E-state index contributed by atoms with van der Waals surface area (Å²) in [5, 5.41) is 21.6. The number of ether oxygens (including phenoxy) is 1. The molecule has 1 aliphatic rings. The molecular weight excluding hydrogens is 481 g/mol. The predicted octanol–water partition coefficient (Wildman–Crippen LogP) is 5.67. The van der Waals surface area contributed by atoms with Crippen molar-refractivity contribution >= 4 is 40.4 Å². The fourth-order valence-electron chi connectivity index (χ4n) is 3.19. The largest absolute Gasteiger partial charge is 0.450 e.